The molecule has 8 rings (SSSR count). The molecule has 0 saturated heterocycles. The Balaban J connectivity index is 1.40. The molecule has 1 aromatic heterocycles. The van der Waals surface area contributed by atoms with E-state index in [-0.39, 0.29) is 0 Å². The van der Waals surface area contributed by atoms with Gasteiger partial charge in [-0.25, -0.2) is 0 Å². The van der Waals surface area contributed by atoms with Crippen LogP contribution in [0.1, 0.15) is 66.5 Å². The van der Waals surface area contributed by atoms with Crippen molar-refractivity contribution in [1.82, 2.24) is 4.98 Å². The summed E-state index contributed by atoms with van der Waals surface area (Å²) >= 11 is 0. The lowest BCUT2D eigenvalue weighted by Gasteiger charge is -2.23. The zero-order chi connectivity index (χ0) is 28.8. The van der Waals surface area contributed by atoms with Crippen molar-refractivity contribution in [1.29, 1.82) is 0 Å². The fraction of sp³-hybridized carbons (Fsp3) is 0.167. The van der Waals surface area contributed by atoms with Crippen LogP contribution in [0.4, 0.5) is 0 Å². The number of fused-ring (bicyclic) bond motifs is 3. The van der Waals surface area contributed by atoms with Crippen LogP contribution in [0.5, 0.6) is 0 Å². The summed E-state index contributed by atoms with van der Waals surface area (Å²) in [4.78, 5) is 4.77. The maximum absolute atomic E-state index is 4.77. The molecule has 0 amide bonds. The summed E-state index contributed by atoms with van der Waals surface area (Å²) in [5.41, 5.74) is 12.0. The molecule has 0 bridgehead atoms. The number of pyridine rings is 1. The lowest BCUT2D eigenvalue weighted by Crippen LogP contribution is -2.33. The molecule has 1 heteroatoms. The molecule has 0 aliphatic heterocycles. The van der Waals surface area contributed by atoms with Crippen LogP contribution in [0.3, 0.4) is 0 Å². The van der Waals surface area contributed by atoms with Crippen LogP contribution in [0.25, 0.3) is 49.9 Å². The molecule has 3 aliphatic rings. The molecule has 1 heterocycles. The second-order valence-electron chi connectivity index (χ2n) is 12.1. The van der Waals surface area contributed by atoms with Gasteiger partial charge < -0.3 is 0 Å². The highest BCUT2D eigenvalue weighted by Crippen LogP contribution is 2.43. The molecule has 3 aliphatic carbocycles. The predicted molar refractivity (Wildman–Crippen MR) is 184 cm³/mol. The van der Waals surface area contributed by atoms with E-state index < -0.39 is 0 Å². The summed E-state index contributed by atoms with van der Waals surface area (Å²) in [6, 6.07) is 29.5. The van der Waals surface area contributed by atoms with E-state index in [0.29, 0.717) is 0 Å². The van der Waals surface area contributed by atoms with Gasteiger partial charge in [-0.05, 0) is 134 Å². The van der Waals surface area contributed by atoms with Crippen LogP contribution in [0.2, 0.25) is 0 Å². The highest BCUT2D eigenvalue weighted by atomic mass is 14.7. The molecular formula is C42H35N. The van der Waals surface area contributed by atoms with Gasteiger partial charge in [0.15, 0.2) is 0 Å². The van der Waals surface area contributed by atoms with Crippen molar-refractivity contribution >= 4 is 49.9 Å². The van der Waals surface area contributed by atoms with Gasteiger partial charge in [-0.15, -0.1) is 0 Å². The van der Waals surface area contributed by atoms with Gasteiger partial charge in [0.2, 0.25) is 0 Å². The molecule has 43 heavy (non-hydrogen) atoms. The van der Waals surface area contributed by atoms with Crippen molar-refractivity contribution in [3.05, 3.63) is 154 Å². The van der Waals surface area contributed by atoms with Crippen molar-refractivity contribution in [2.75, 3.05) is 0 Å². The molecule has 5 aromatic rings. The van der Waals surface area contributed by atoms with E-state index in [4.69, 9.17) is 4.98 Å². The number of hydrogen-bond donors (Lipinski definition) is 0. The van der Waals surface area contributed by atoms with Gasteiger partial charge in [0.1, 0.15) is 0 Å². The standard InChI is InChI=1S/C42H35N/c1-28-24-25-40(43-27-28)30-14-9-15-31(26-30)41-36-16-5-7-18-38(36)42(39-19-8-6-17-37(39)41)35-23-11-21-33-32(20-10-22-34(33)35)29-12-3-2-4-13-29/h2-3,5-8,10,12,14,16-22,24-27H,4,9,11,13,15,23H2,1H3. The Kier molecular flexibility index (Phi) is 6.52. The summed E-state index contributed by atoms with van der Waals surface area (Å²) in [6.07, 6.45) is 22.4. The first-order chi connectivity index (χ1) is 21.3. The Bertz CT molecular complexity index is 2110. The molecule has 1 nitrogen and oxygen atoms in total. The van der Waals surface area contributed by atoms with Crippen molar-refractivity contribution in [2.45, 2.75) is 45.4 Å². The molecule has 0 saturated carbocycles. The van der Waals surface area contributed by atoms with Gasteiger partial charge in [-0.3, -0.25) is 4.98 Å². The minimum Gasteiger partial charge on any atom is -0.256 e. The first kappa shape index (κ1) is 25.9. The van der Waals surface area contributed by atoms with Crippen molar-refractivity contribution in [2.24, 2.45) is 0 Å². The van der Waals surface area contributed by atoms with Gasteiger partial charge in [0.05, 0.1) is 5.69 Å². The fourth-order valence-electron chi connectivity index (χ4n) is 7.43. The van der Waals surface area contributed by atoms with Crippen LogP contribution < -0.4 is 10.4 Å². The highest BCUT2D eigenvalue weighted by molar-refractivity contribution is 6.16. The predicted octanol–water partition coefficient (Wildman–Crippen LogP) is 9.46. The van der Waals surface area contributed by atoms with Gasteiger partial charge in [-0.1, -0.05) is 103 Å². The SMILES string of the molecule is Cc1ccc(C2=CCCC(c3c4ccccc4c(C4=c5cccc(C6=CC=CCC6)c5=CCC4)c4ccccc34)=C2)nc1. The van der Waals surface area contributed by atoms with Gasteiger partial charge in [0, 0.05) is 6.20 Å². The second kappa shape index (κ2) is 10.8. The number of benzene rings is 4. The molecule has 0 N–H and O–H groups in total. The number of allylic oxidation sites excluding steroid dienone is 8. The lowest BCUT2D eigenvalue weighted by atomic mass is 9.80. The lowest BCUT2D eigenvalue weighted by molar-refractivity contribution is 1.04. The third-order valence-electron chi connectivity index (χ3n) is 9.40. The van der Waals surface area contributed by atoms with E-state index in [1.54, 1.807) is 0 Å². The minimum absolute atomic E-state index is 1.02. The molecule has 0 spiro atoms. The van der Waals surface area contributed by atoms with Crippen LogP contribution in [0.15, 0.2) is 115 Å². The molecule has 0 fully saturated rings. The number of aryl methyl sites for hydroxylation is 1. The summed E-state index contributed by atoms with van der Waals surface area (Å²) in [5, 5.41) is 8.22. The largest absolute Gasteiger partial charge is 0.256 e. The quantitative estimate of drug-likeness (QED) is 0.202. The average Bonchev–Trinajstić information content (AvgIpc) is 3.07. The van der Waals surface area contributed by atoms with E-state index in [1.807, 2.05) is 6.20 Å². The summed E-state index contributed by atoms with van der Waals surface area (Å²) < 4.78 is 0. The van der Waals surface area contributed by atoms with E-state index in [2.05, 4.69) is 122 Å². The first-order valence-corrected chi connectivity index (χ1v) is 15.7. The first-order valence-electron chi connectivity index (χ1n) is 15.7. The number of nitrogens with zero attached hydrogens (tertiary/aromatic N) is 1. The van der Waals surface area contributed by atoms with Crippen LogP contribution in [-0.4, -0.2) is 4.98 Å². The highest BCUT2D eigenvalue weighted by Gasteiger charge is 2.22. The van der Waals surface area contributed by atoms with Crippen molar-refractivity contribution in [3.8, 4) is 0 Å². The number of hydrogen-bond acceptors (Lipinski definition) is 1. The molecule has 0 unspecified atom stereocenters. The minimum atomic E-state index is 1.02. The zero-order valence-electron chi connectivity index (χ0n) is 24.7. The smallest absolute Gasteiger partial charge is 0.0699 e. The summed E-state index contributed by atoms with van der Waals surface area (Å²) in [5.74, 6) is 0. The molecule has 208 valence electrons. The molecule has 4 aromatic carbocycles. The van der Waals surface area contributed by atoms with Crippen LogP contribution in [-0.2, 0) is 0 Å². The third-order valence-corrected chi connectivity index (χ3v) is 9.40. The van der Waals surface area contributed by atoms with Gasteiger partial charge in [-0.2, -0.15) is 0 Å². The van der Waals surface area contributed by atoms with E-state index in [9.17, 15) is 0 Å². The monoisotopic (exact) mass is 553 g/mol. The summed E-state index contributed by atoms with van der Waals surface area (Å²) in [6.45, 7) is 2.10. The maximum Gasteiger partial charge on any atom is 0.0699 e. The van der Waals surface area contributed by atoms with Crippen molar-refractivity contribution in [3.63, 3.8) is 0 Å². The summed E-state index contributed by atoms with van der Waals surface area (Å²) in [7, 11) is 0. The number of aromatic nitrogens is 1. The third kappa shape index (κ3) is 4.51. The zero-order valence-corrected chi connectivity index (χ0v) is 24.7. The van der Waals surface area contributed by atoms with E-state index in [1.165, 1.54) is 76.5 Å². The molecule has 0 radical (unpaired) electrons. The van der Waals surface area contributed by atoms with E-state index in [0.717, 1.165) is 44.2 Å². The molecular weight excluding hydrogens is 518 g/mol. The second-order valence-corrected chi connectivity index (χ2v) is 12.1. The van der Waals surface area contributed by atoms with Crippen LogP contribution >= 0.6 is 0 Å². The van der Waals surface area contributed by atoms with Gasteiger partial charge in [0.25, 0.3) is 0 Å². The Hall–Kier alpha value is -4.75. The Labute approximate surface area is 253 Å². The maximum atomic E-state index is 4.77. The van der Waals surface area contributed by atoms with Crippen molar-refractivity contribution < 1.29 is 0 Å². The normalized spacial score (nSPS) is 16.4. The van der Waals surface area contributed by atoms with Gasteiger partial charge >= 0.3 is 0 Å². The van der Waals surface area contributed by atoms with E-state index >= 15 is 0 Å². The Morgan fingerprint density at radius 1 is 0.628 bits per heavy atom. The molecule has 0 atom stereocenters. The Morgan fingerprint density at radius 2 is 1.35 bits per heavy atom. The van der Waals surface area contributed by atoms with Crippen LogP contribution in [0, 0.1) is 6.92 Å². The number of rotatable bonds is 4. The topological polar surface area (TPSA) is 12.9 Å². The Morgan fingerprint density at radius 3 is 2.05 bits per heavy atom. The fourth-order valence-corrected chi connectivity index (χ4v) is 7.43. The average molecular weight is 554 g/mol.